The van der Waals surface area contributed by atoms with Gasteiger partial charge in [0.2, 0.25) is 0 Å². The molecule has 19 heavy (non-hydrogen) atoms. The molecule has 104 valence electrons. The van der Waals surface area contributed by atoms with E-state index in [1.54, 1.807) is 24.3 Å². The van der Waals surface area contributed by atoms with E-state index < -0.39 is 6.10 Å². The van der Waals surface area contributed by atoms with E-state index in [4.69, 9.17) is 9.47 Å². The highest BCUT2D eigenvalue weighted by molar-refractivity contribution is 5.94. The zero-order valence-electron chi connectivity index (χ0n) is 11.6. The van der Waals surface area contributed by atoms with E-state index in [1.165, 1.54) is 14.0 Å². The summed E-state index contributed by atoms with van der Waals surface area (Å²) in [7, 11) is 1.35. The normalized spacial score (nSPS) is 11.7. The van der Waals surface area contributed by atoms with Crippen molar-refractivity contribution in [3.05, 3.63) is 29.8 Å². The Bertz CT molecular complexity index is 422. The van der Waals surface area contributed by atoms with Crippen molar-refractivity contribution in [3.63, 3.8) is 0 Å². The molecule has 1 unspecified atom stereocenters. The molecule has 1 atom stereocenters. The van der Waals surface area contributed by atoms with E-state index in [-0.39, 0.29) is 11.8 Å². The Morgan fingerprint density at radius 3 is 2.32 bits per heavy atom. The van der Waals surface area contributed by atoms with Gasteiger partial charge in [-0.2, -0.15) is 0 Å². The van der Waals surface area contributed by atoms with Gasteiger partial charge in [-0.15, -0.1) is 0 Å². The van der Waals surface area contributed by atoms with Crippen molar-refractivity contribution in [2.75, 3.05) is 7.11 Å². The van der Waals surface area contributed by atoms with Gasteiger partial charge < -0.3 is 9.47 Å². The van der Waals surface area contributed by atoms with E-state index >= 15 is 0 Å². The lowest BCUT2D eigenvalue weighted by Crippen LogP contribution is -2.28. The third kappa shape index (κ3) is 4.73. The lowest BCUT2D eigenvalue weighted by Gasteiger charge is -2.16. The number of Topliss-reactive ketones (excluding diaryl/α,β-unsaturated/α-hetero) is 1. The molecule has 0 fully saturated rings. The summed E-state index contributed by atoms with van der Waals surface area (Å²) in [5.74, 6) is 0.197. The minimum Gasteiger partial charge on any atom is -0.479 e. The van der Waals surface area contributed by atoms with Crippen LogP contribution in [0.5, 0.6) is 5.75 Å². The number of unbranched alkanes of at least 4 members (excludes halogenated alkanes) is 1. The molecule has 0 N–H and O–H groups in total. The quantitative estimate of drug-likeness (QED) is 0.561. The van der Waals surface area contributed by atoms with Crippen LogP contribution in [0.25, 0.3) is 0 Å². The second kappa shape index (κ2) is 7.56. The van der Waals surface area contributed by atoms with Crippen LogP contribution in [-0.4, -0.2) is 25.0 Å². The Balaban J connectivity index is 2.72. The van der Waals surface area contributed by atoms with Crippen LogP contribution in [0.2, 0.25) is 0 Å². The number of methoxy groups -OCH3 is 1. The zero-order valence-corrected chi connectivity index (χ0v) is 11.6. The highest BCUT2D eigenvalue weighted by atomic mass is 16.6. The van der Waals surface area contributed by atoms with Crippen molar-refractivity contribution >= 4 is 11.8 Å². The molecule has 0 aromatic heterocycles. The highest BCUT2D eigenvalue weighted by Crippen LogP contribution is 2.17. The number of esters is 1. The molecule has 4 heteroatoms. The van der Waals surface area contributed by atoms with Crippen LogP contribution in [0.15, 0.2) is 24.3 Å². The molecule has 0 radical (unpaired) electrons. The maximum atomic E-state index is 11.6. The minimum atomic E-state index is -0.590. The number of ether oxygens (including phenoxy) is 2. The van der Waals surface area contributed by atoms with Gasteiger partial charge in [0.1, 0.15) is 5.75 Å². The summed E-state index contributed by atoms with van der Waals surface area (Å²) in [4.78, 5) is 22.8. The predicted octanol–water partition coefficient (Wildman–Crippen LogP) is 3.00. The highest BCUT2D eigenvalue weighted by Gasteiger charge is 2.20. The molecule has 0 bridgehead atoms. The van der Waals surface area contributed by atoms with Gasteiger partial charge in [-0.3, -0.25) is 4.79 Å². The first-order chi connectivity index (χ1) is 9.08. The van der Waals surface area contributed by atoms with Gasteiger partial charge in [-0.05, 0) is 44.0 Å². The van der Waals surface area contributed by atoms with Crippen molar-refractivity contribution < 1.29 is 19.1 Å². The maximum absolute atomic E-state index is 11.6. The zero-order chi connectivity index (χ0) is 14.3. The SMILES string of the molecule is CCCCC(Oc1ccc(C(C)=O)cc1)C(=O)OC. The van der Waals surface area contributed by atoms with Gasteiger partial charge in [0, 0.05) is 5.56 Å². The van der Waals surface area contributed by atoms with Crippen molar-refractivity contribution in [2.45, 2.75) is 39.2 Å². The minimum absolute atomic E-state index is 0.00190. The third-order valence-electron chi connectivity index (χ3n) is 2.82. The van der Waals surface area contributed by atoms with E-state index in [9.17, 15) is 9.59 Å². The van der Waals surface area contributed by atoms with Crippen molar-refractivity contribution in [2.24, 2.45) is 0 Å². The van der Waals surface area contributed by atoms with Crippen molar-refractivity contribution in [1.29, 1.82) is 0 Å². The van der Waals surface area contributed by atoms with E-state index in [0.717, 1.165) is 12.8 Å². The lowest BCUT2D eigenvalue weighted by molar-refractivity contribution is -0.149. The van der Waals surface area contributed by atoms with E-state index in [2.05, 4.69) is 6.92 Å². The summed E-state index contributed by atoms with van der Waals surface area (Å²) in [6.45, 7) is 3.56. The van der Waals surface area contributed by atoms with Crippen LogP contribution in [0.4, 0.5) is 0 Å². The number of hydrogen-bond donors (Lipinski definition) is 0. The maximum Gasteiger partial charge on any atom is 0.347 e. The van der Waals surface area contributed by atoms with Crippen LogP contribution in [0.3, 0.4) is 0 Å². The molecule has 0 heterocycles. The molecule has 0 aliphatic carbocycles. The standard InChI is InChI=1S/C15H20O4/c1-4-5-6-14(15(17)18-3)19-13-9-7-12(8-10-13)11(2)16/h7-10,14H,4-6H2,1-3H3. The molecule has 0 saturated heterocycles. The Morgan fingerprint density at radius 1 is 1.21 bits per heavy atom. The lowest BCUT2D eigenvalue weighted by atomic mass is 10.1. The molecular weight excluding hydrogens is 244 g/mol. The molecule has 0 saturated carbocycles. The second-order valence-electron chi connectivity index (χ2n) is 4.35. The molecule has 1 rings (SSSR count). The fourth-order valence-electron chi connectivity index (χ4n) is 1.68. The van der Waals surface area contributed by atoms with E-state index in [0.29, 0.717) is 17.7 Å². The summed E-state index contributed by atoms with van der Waals surface area (Å²) >= 11 is 0. The van der Waals surface area contributed by atoms with Crippen LogP contribution in [0, 0.1) is 0 Å². The second-order valence-corrected chi connectivity index (χ2v) is 4.35. The molecular formula is C15H20O4. The molecule has 0 aliphatic heterocycles. The topological polar surface area (TPSA) is 52.6 Å². The molecule has 1 aromatic rings. The monoisotopic (exact) mass is 264 g/mol. The largest absolute Gasteiger partial charge is 0.479 e. The van der Waals surface area contributed by atoms with Crippen LogP contribution in [0.1, 0.15) is 43.5 Å². The Hall–Kier alpha value is -1.84. The van der Waals surface area contributed by atoms with Gasteiger partial charge in [-0.25, -0.2) is 4.79 Å². The fourth-order valence-corrected chi connectivity index (χ4v) is 1.68. The Labute approximate surface area is 113 Å². The van der Waals surface area contributed by atoms with Gasteiger partial charge in [0.15, 0.2) is 11.9 Å². The van der Waals surface area contributed by atoms with E-state index in [1.807, 2.05) is 0 Å². The molecule has 0 amide bonds. The summed E-state index contributed by atoms with van der Waals surface area (Å²) in [6, 6.07) is 6.76. The first-order valence-electron chi connectivity index (χ1n) is 6.44. The molecule has 0 spiro atoms. The summed E-state index contributed by atoms with van der Waals surface area (Å²) in [5, 5.41) is 0. The van der Waals surface area contributed by atoms with Gasteiger partial charge >= 0.3 is 5.97 Å². The number of benzene rings is 1. The first-order valence-corrected chi connectivity index (χ1v) is 6.44. The van der Waals surface area contributed by atoms with Gasteiger partial charge in [0.05, 0.1) is 7.11 Å². The van der Waals surface area contributed by atoms with Crippen LogP contribution < -0.4 is 4.74 Å². The van der Waals surface area contributed by atoms with Gasteiger partial charge in [-0.1, -0.05) is 13.3 Å². The first kappa shape index (κ1) is 15.2. The smallest absolute Gasteiger partial charge is 0.347 e. The average Bonchev–Trinajstić information content (AvgIpc) is 2.43. The van der Waals surface area contributed by atoms with Crippen LogP contribution in [-0.2, 0) is 9.53 Å². The average molecular weight is 264 g/mol. The summed E-state index contributed by atoms with van der Waals surface area (Å²) in [5.41, 5.74) is 0.621. The molecule has 0 aliphatic rings. The number of hydrogen-bond acceptors (Lipinski definition) is 4. The molecule has 4 nitrogen and oxygen atoms in total. The fraction of sp³-hybridized carbons (Fsp3) is 0.467. The van der Waals surface area contributed by atoms with Gasteiger partial charge in [0.25, 0.3) is 0 Å². The number of ketones is 1. The number of rotatable bonds is 7. The van der Waals surface area contributed by atoms with Crippen molar-refractivity contribution in [3.8, 4) is 5.75 Å². The summed E-state index contributed by atoms with van der Waals surface area (Å²) in [6.07, 6.45) is 1.91. The number of carbonyl (C=O) groups is 2. The summed E-state index contributed by atoms with van der Waals surface area (Å²) < 4.78 is 10.3. The van der Waals surface area contributed by atoms with Crippen molar-refractivity contribution in [1.82, 2.24) is 0 Å². The van der Waals surface area contributed by atoms with Crippen LogP contribution >= 0.6 is 0 Å². The Morgan fingerprint density at radius 2 is 1.84 bits per heavy atom. The predicted molar refractivity (Wildman–Crippen MR) is 72.4 cm³/mol. The molecule has 1 aromatic carbocycles. The number of carbonyl (C=O) groups excluding carboxylic acids is 2. The Kier molecular flexibility index (Phi) is 6.06. The third-order valence-corrected chi connectivity index (χ3v) is 2.82.